The van der Waals surface area contributed by atoms with Crippen molar-refractivity contribution in [3.63, 3.8) is 0 Å². The molecule has 1 unspecified atom stereocenters. The number of aromatic nitrogens is 2. The summed E-state index contributed by atoms with van der Waals surface area (Å²) in [6.07, 6.45) is 5.09. The molecule has 3 nitrogen and oxygen atoms in total. The number of nitrogens with one attached hydrogen (secondary N) is 1. The van der Waals surface area contributed by atoms with E-state index in [4.69, 9.17) is 0 Å². The van der Waals surface area contributed by atoms with Gasteiger partial charge >= 0.3 is 0 Å². The van der Waals surface area contributed by atoms with Gasteiger partial charge in [0.2, 0.25) is 0 Å². The molecule has 86 valence electrons. The summed E-state index contributed by atoms with van der Waals surface area (Å²) >= 11 is 0. The Balaban J connectivity index is 2.66. The van der Waals surface area contributed by atoms with E-state index in [0.29, 0.717) is 6.04 Å². The summed E-state index contributed by atoms with van der Waals surface area (Å²) in [6, 6.07) is 0.506. The first kappa shape index (κ1) is 12.2. The van der Waals surface area contributed by atoms with E-state index in [0.717, 1.165) is 13.0 Å². The van der Waals surface area contributed by atoms with Gasteiger partial charge < -0.3 is 5.32 Å². The van der Waals surface area contributed by atoms with Crippen molar-refractivity contribution in [2.75, 3.05) is 6.54 Å². The Bertz CT molecular complexity index is 296. The summed E-state index contributed by atoms with van der Waals surface area (Å²) in [5.74, 6) is 0. The average molecular weight is 209 g/mol. The SMILES string of the molecule is CCNC(Cc1cnn(C)c1)C(C)(C)C. The van der Waals surface area contributed by atoms with Crippen LogP contribution in [0.5, 0.6) is 0 Å². The van der Waals surface area contributed by atoms with Gasteiger partial charge in [0, 0.05) is 19.3 Å². The van der Waals surface area contributed by atoms with Gasteiger partial charge in [0.15, 0.2) is 0 Å². The lowest BCUT2D eigenvalue weighted by molar-refractivity contribution is 0.270. The van der Waals surface area contributed by atoms with Crippen LogP contribution in [-0.4, -0.2) is 22.4 Å². The Morgan fingerprint density at radius 1 is 1.47 bits per heavy atom. The van der Waals surface area contributed by atoms with Gasteiger partial charge in [-0.25, -0.2) is 0 Å². The van der Waals surface area contributed by atoms with Crippen molar-refractivity contribution in [3.8, 4) is 0 Å². The van der Waals surface area contributed by atoms with Crippen LogP contribution >= 0.6 is 0 Å². The second-order valence-electron chi connectivity index (χ2n) is 5.20. The third-order valence-electron chi connectivity index (χ3n) is 2.69. The summed E-state index contributed by atoms with van der Waals surface area (Å²) in [5, 5.41) is 7.74. The van der Waals surface area contributed by atoms with Crippen LogP contribution in [0.15, 0.2) is 12.4 Å². The monoisotopic (exact) mass is 209 g/mol. The highest BCUT2D eigenvalue weighted by molar-refractivity contribution is 5.07. The molecule has 1 aromatic heterocycles. The van der Waals surface area contributed by atoms with Crippen molar-refractivity contribution >= 4 is 0 Å². The van der Waals surface area contributed by atoms with Crippen molar-refractivity contribution in [1.82, 2.24) is 15.1 Å². The Labute approximate surface area is 92.9 Å². The highest BCUT2D eigenvalue weighted by atomic mass is 15.2. The third kappa shape index (κ3) is 3.67. The van der Waals surface area contributed by atoms with E-state index in [1.54, 1.807) is 0 Å². The number of nitrogens with zero attached hydrogens (tertiary/aromatic N) is 2. The number of hydrogen-bond donors (Lipinski definition) is 1. The van der Waals surface area contributed by atoms with Crippen LogP contribution in [0.2, 0.25) is 0 Å². The number of rotatable bonds is 4. The molecule has 1 aromatic rings. The molecule has 1 heterocycles. The molecular weight excluding hydrogens is 186 g/mol. The van der Waals surface area contributed by atoms with Crippen LogP contribution in [0, 0.1) is 5.41 Å². The molecule has 3 heteroatoms. The van der Waals surface area contributed by atoms with E-state index < -0.39 is 0 Å². The molecule has 0 spiro atoms. The van der Waals surface area contributed by atoms with E-state index in [-0.39, 0.29) is 5.41 Å². The lowest BCUT2D eigenvalue weighted by Crippen LogP contribution is -2.41. The largest absolute Gasteiger partial charge is 0.313 e. The normalized spacial score (nSPS) is 14.2. The van der Waals surface area contributed by atoms with Crippen LogP contribution < -0.4 is 5.32 Å². The Hall–Kier alpha value is -0.830. The molecular formula is C12H23N3. The maximum Gasteiger partial charge on any atom is 0.0522 e. The molecule has 0 saturated carbocycles. The summed E-state index contributed by atoms with van der Waals surface area (Å²) < 4.78 is 1.86. The topological polar surface area (TPSA) is 29.9 Å². The first-order chi connectivity index (χ1) is 6.93. The predicted octanol–water partition coefficient (Wildman–Crippen LogP) is 1.99. The molecule has 1 N–H and O–H groups in total. The Morgan fingerprint density at radius 3 is 2.53 bits per heavy atom. The molecule has 0 saturated heterocycles. The first-order valence-electron chi connectivity index (χ1n) is 5.64. The fourth-order valence-electron chi connectivity index (χ4n) is 1.74. The molecule has 0 aliphatic heterocycles. The Kier molecular flexibility index (Phi) is 3.91. The zero-order chi connectivity index (χ0) is 11.5. The van der Waals surface area contributed by atoms with E-state index in [1.807, 2.05) is 17.9 Å². The molecule has 0 aliphatic carbocycles. The lowest BCUT2D eigenvalue weighted by atomic mass is 9.83. The quantitative estimate of drug-likeness (QED) is 0.822. The number of likely N-dealkylation sites (N-methyl/N-ethyl adjacent to an activating group) is 1. The standard InChI is InChI=1S/C12H23N3/c1-6-13-11(12(2,3)4)7-10-8-14-15(5)9-10/h8-9,11,13H,6-7H2,1-5H3. The Morgan fingerprint density at radius 2 is 2.13 bits per heavy atom. The molecule has 0 amide bonds. The van der Waals surface area contributed by atoms with Gasteiger partial charge in [-0.2, -0.15) is 5.10 Å². The summed E-state index contributed by atoms with van der Waals surface area (Å²) in [4.78, 5) is 0. The van der Waals surface area contributed by atoms with Crippen molar-refractivity contribution in [1.29, 1.82) is 0 Å². The van der Waals surface area contributed by atoms with Gasteiger partial charge in [-0.1, -0.05) is 27.7 Å². The number of aryl methyl sites for hydroxylation is 1. The minimum absolute atomic E-state index is 0.284. The second kappa shape index (κ2) is 4.79. The van der Waals surface area contributed by atoms with Crippen molar-refractivity contribution in [2.45, 2.75) is 40.2 Å². The fraction of sp³-hybridized carbons (Fsp3) is 0.750. The van der Waals surface area contributed by atoms with E-state index in [9.17, 15) is 0 Å². The third-order valence-corrected chi connectivity index (χ3v) is 2.69. The van der Waals surface area contributed by atoms with Crippen LogP contribution in [0.1, 0.15) is 33.3 Å². The smallest absolute Gasteiger partial charge is 0.0522 e. The molecule has 15 heavy (non-hydrogen) atoms. The molecule has 1 atom stereocenters. The van der Waals surface area contributed by atoms with Gasteiger partial charge in [0.05, 0.1) is 6.20 Å². The molecule has 1 rings (SSSR count). The van der Waals surface area contributed by atoms with Crippen molar-refractivity contribution < 1.29 is 0 Å². The summed E-state index contributed by atoms with van der Waals surface area (Å²) in [7, 11) is 1.96. The van der Waals surface area contributed by atoms with Crippen LogP contribution in [0.4, 0.5) is 0 Å². The minimum Gasteiger partial charge on any atom is -0.313 e. The first-order valence-corrected chi connectivity index (χ1v) is 5.64. The van der Waals surface area contributed by atoms with Crippen LogP contribution in [0.3, 0.4) is 0 Å². The van der Waals surface area contributed by atoms with Crippen molar-refractivity contribution in [2.24, 2.45) is 12.5 Å². The summed E-state index contributed by atoms with van der Waals surface area (Å²) in [6.45, 7) is 9.99. The lowest BCUT2D eigenvalue weighted by Gasteiger charge is -2.31. The molecule has 0 fully saturated rings. The summed E-state index contributed by atoms with van der Waals surface area (Å²) in [5.41, 5.74) is 1.59. The maximum absolute atomic E-state index is 4.20. The second-order valence-corrected chi connectivity index (χ2v) is 5.20. The van der Waals surface area contributed by atoms with E-state index in [1.165, 1.54) is 5.56 Å². The highest BCUT2D eigenvalue weighted by Gasteiger charge is 2.24. The van der Waals surface area contributed by atoms with Gasteiger partial charge in [0.25, 0.3) is 0 Å². The minimum atomic E-state index is 0.284. The zero-order valence-electron chi connectivity index (χ0n) is 10.5. The van der Waals surface area contributed by atoms with E-state index in [2.05, 4.69) is 44.3 Å². The maximum atomic E-state index is 4.20. The van der Waals surface area contributed by atoms with Crippen LogP contribution in [-0.2, 0) is 13.5 Å². The molecule has 0 aromatic carbocycles. The zero-order valence-corrected chi connectivity index (χ0v) is 10.5. The van der Waals surface area contributed by atoms with E-state index >= 15 is 0 Å². The van der Waals surface area contributed by atoms with Crippen LogP contribution in [0.25, 0.3) is 0 Å². The fourth-order valence-corrected chi connectivity index (χ4v) is 1.74. The van der Waals surface area contributed by atoms with Gasteiger partial charge in [-0.15, -0.1) is 0 Å². The number of hydrogen-bond acceptors (Lipinski definition) is 2. The average Bonchev–Trinajstić information content (AvgIpc) is 2.49. The van der Waals surface area contributed by atoms with Gasteiger partial charge in [-0.3, -0.25) is 4.68 Å². The highest BCUT2D eigenvalue weighted by Crippen LogP contribution is 2.22. The van der Waals surface area contributed by atoms with Gasteiger partial charge in [0.1, 0.15) is 0 Å². The molecule has 0 aliphatic rings. The van der Waals surface area contributed by atoms with Crippen molar-refractivity contribution in [3.05, 3.63) is 18.0 Å². The molecule has 0 radical (unpaired) electrons. The predicted molar refractivity (Wildman–Crippen MR) is 63.8 cm³/mol. The van der Waals surface area contributed by atoms with Gasteiger partial charge in [-0.05, 0) is 23.9 Å². The molecule has 0 bridgehead atoms.